The number of nitrogens with one attached hydrogen (secondary N) is 2. The lowest BCUT2D eigenvalue weighted by molar-refractivity contribution is 0.317. The van der Waals surface area contributed by atoms with Gasteiger partial charge in [0.2, 0.25) is 0 Å². The predicted molar refractivity (Wildman–Crippen MR) is 126 cm³/mol. The van der Waals surface area contributed by atoms with Crippen molar-refractivity contribution in [3.05, 3.63) is 45.4 Å². The third-order valence-corrected chi connectivity index (χ3v) is 4.92. The Hall–Kier alpha value is -1.35. The standard InChI is InChI=1S/C20H30N4OS.HI/c1-5-12-25-18-9-7-8-17(13-18)10-11-22-20(21-6-2)23-14-19-24-15(3)16(4)26-19;/h7-9,13H,5-6,10-12,14H2,1-4H3,(H2,21,22,23);1H. The first kappa shape index (κ1) is 23.7. The summed E-state index contributed by atoms with van der Waals surface area (Å²) in [4.78, 5) is 10.5. The maximum Gasteiger partial charge on any atom is 0.191 e. The first-order valence-electron chi connectivity index (χ1n) is 9.29. The number of guanidine groups is 1. The first-order chi connectivity index (χ1) is 12.6. The Morgan fingerprint density at radius 3 is 2.70 bits per heavy atom. The molecule has 0 aliphatic carbocycles. The van der Waals surface area contributed by atoms with Crippen LogP contribution in [0, 0.1) is 13.8 Å². The molecule has 0 fully saturated rings. The lowest BCUT2D eigenvalue weighted by Crippen LogP contribution is -2.38. The van der Waals surface area contributed by atoms with E-state index in [9.17, 15) is 0 Å². The van der Waals surface area contributed by atoms with Crippen molar-refractivity contribution in [2.45, 2.75) is 47.1 Å². The third-order valence-electron chi connectivity index (χ3n) is 3.87. The summed E-state index contributed by atoms with van der Waals surface area (Å²) in [6.45, 7) is 11.3. The van der Waals surface area contributed by atoms with Gasteiger partial charge in [-0.3, -0.25) is 0 Å². The topological polar surface area (TPSA) is 58.5 Å². The summed E-state index contributed by atoms with van der Waals surface area (Å²) in [5.41, 5.74) is 2.36. The van der Waals surface area contributed by atoms with Crippen LogP contribution in [-0.2, 0) is 13.0 Å². The van der Waals surface area contributed by atoms with Gasteiger partial charge in [0.1, 0.15) is 10.8 Å². The summed E-state index contributed by atoms with van der Waals surface area (Å²) < 4.78 is 5.70. The Kier molecular flexibility index (Phi) is 11.3. The fraction of sp³-hybridized carbons (Fsp3) is 0.500. The van der Waals surface area contributed by atoms with Gasteiger partial charge in [0.05, 0.1) is 18.8 Å². The number of aryl methyl sites for hydroxylation is 2. The number of aliphatic imine (C=N–C) groups is 1. The summed E-state index contributed by atoms with van der Waals surface area (Å²) in [5, 5.41) is 7.74. The second-order valence-corrected chi connectivity index (χ2v) is 7.40. The molecule has 0 aliphatic rings. The van der Waals surface area contributed by atoms with Crippen molar-refractivity contribution in [2.75, 3.05) is 19.7 Å². The molecule has 0 aliphatic heterocycles. The van der Waals surface area contributed by atoms with Crippen LogP contribution in [0.15, 0.2) is 29.3 Å². The van der Waals surface area contributed by atoms with E-state index < -0.39 is 0 Å². The molecule has 1 aromatic carbocycles. The van der Waals surface area contributed by atoms with Crippen LogP contribution in [0.25, 0.3) is 0 Å². The minimum Gasteiger partial charge on any atom is -0.494 e. The Morgan fingerprint density at radius 1 is 1.22 bits per heavy atom. The highest BCUT2D eigenvalue weighted by molar-refractivity contribution is 14.0. The highest BCUT2D eigenvalue weighted by atomic mass is 127. The molecule has 0 saturated carbocycles. The fourth-order valence-corrected chi connectivity index (χ4v) is 3.29. The van der Waals surface area contributed by atoms with Gasteiger partial charge in [-0.25, -0.2) is 9.98 Å². The Bertz CT molecular complexity index is 698. The molecule has 1 heterocycles. The number of benzene rings is 1. The van der Waals surface area contributed by atoms with Gasteiger partial charge in [-0.1, -0.05) is 19.1 Å². The van der Waals surface area contributed by atoms with Gasteiger partial charge in [-0.15, -0.1) is 35.3 Å². The number of rotatable bonds is 9. The minimum absolute atomic E-state index is 0. The van der Waals surface area contributed by atoms with Gasteiger partial charge in [-0.05, 0) is 51.3 Å². The molecule has 2 N–H and O–H groups in total. The van der Waals surface area contributed by atoms with Crippen molar-refractivity contribution >= 4 is 41.3 Å². The van der Waals surface area contributed by atoms with E-state index in [1.807, 2.05) is 19.1 Å². The molecule has 0 atom stereocenters. The monoisotopic (exact) mass is 502 g/mol. The van der Waals surface area contributed by atoms with Gasteiger partial charge in [-0.2, -0.15) is 0 Å². The molecule has 0 unspecified atom stereocenters. The molecule has 2 rings (SSSR count). The zero-order chi connectivity index (χ0) is 18.8. The maximum absolute atomic E-state index is 5.70. The molecule has 1 aromatic heterocycles. The quantitative estimate of drug-likeness (QED) is 0.302. The molecule has 2 aromatic rings. The highest BCUT2D eigenvalue weighted by Crippen LogP contribution is 2.17. The average Bonchev–Trinajstić information content (AvgIpc) is 2.96. The molecule has 0 amide bonds. The zero-order valence-electron chi connectivity index (χ0n) is 16.7. The largest absolute Gasteiger partial charge is 0.494 e. The second-order valence-electron chi connectivity index (χ2n) is 6.12. The van der Waals surface area contributed by atoms with Crippen molar-refractivity contribution in [3.63, 3.8) is 0 Å². The van der Waals surface area contributed by atoms with E-state index in [0.717, 1.165) is 54.9 Å². The molecular formula is C20H31IN4OS. The molecule has 0 bridgehead atoms. The lowest BCUT2D eigenvalue weighted by Gasteiger charge is -2.11. The average molecular weight is 502 g/mol. The number of thiazole rings is 1. The van der Waals surface area contributed by atoms with Crippen molar-refractivity contribution in [2.24, 2.45) is 4.99 Å². The fourth-order valence-electron chi connectivity index (χ4n) is 2.43. The summed E-state index contributed by atoms with van der Waals surface area (Å²) in [6, 6.07) is 8.30. The maximum atomic E-state index is 5.70. The highest BCUT2D eigenvalue weighted by Gasteiger charge is 2.04. The summed E-state index contributed by atoms with van der Waals surface area (Å²) in [7, 11) is 0. The number of aromatic nitrogens is 1. The van der Waals surface area contributed by atoms with Crippen molar-refractivity contribution in [3.8, 4) is 5.75 Å². The van der Waals surface area contributed by atoms with Gasteiger partial charge in [0.25, 0.3) is 0 Å². The number of nitrogens with zero attached hydrogens (tertiary/aromatic N) is 2. The Morgan fingerprint density at radius 2 is 2.04 bits per heavy atom. The number of hydrogen-bond donors (Lipinski definition) is 2. The molecule has 0 radical (unpaired) electrons. The summed E-state index contributed by atoms with van der Waals surface area (Å²) in [5.74, 6) is 1.77. The minimum atomic E-state index is 0. The summed E-state index contributed by atoms with van der Waals surface area (Å²) in [6.07, 6.45) is 1.94. The van der Waals surface area contributed by atoms with Gasteiger partial charge >= 0.3 is 0 Å². The number of hydrogen-bond acceptors (Lipinski definition) is 4. The van der Waals surface area contributed by atoms with Gasteiger partial charge in [0, 0.05) is 18.0 Å². The van der Waals surface area contributed by atoms with E-state index in [1.165, 1.54) is 10.4 Å². The van der Waals surface area contributed by atoms with Crippen LogP contribution in [0.5, 0.6) is 5.75 Å². The van der Waals surface area contributed by atoms with E-state index >= 15 is 0 Å². The van der Waals surface area contributed by atoms with Crippen molar-refractivity contribution in [1.29, 1.82) is 0 Å². The zero-order valence-corrected chi connectivity index (χ0v) is 19.8. The molecule has 27 heavy (non-hydrogen) atoms. The van der Waals surface area contributed by atoms with E-state index in [2.05, 4.69) is 53.5 Å². The van der Waals surface area contributed by atoms with Crippen LogP contribution in [0.3, 0.4) is 0 Å². The normalized spacial score (nSPS) is 11.0. The molecular weight excluding hydrogens is 471 g/mol. The first-order valence-corrected chi connectivity index (χ1v) is 10.1. The second kappa shape index (κ2) is 12.9. The van der Waals surface area contributed by atoms with Crippen LogP contribution in [0.4, 0.5) is 0 Å². The Labute approximate surface area is 184 Å². The van der Waals surface area contributed by atoms with Crippen molar-refractivity contribution < 1.29 is 4.74 Å². The predicted octanol–water partition coefficient (Wildman–Crippen LogP) is 4.46. The van der Waals surface area contributed by atoms with Crippen molar-refractivity contribution in [1.82, 2.24) is 15.6 Å². The lowest BCUT2D eigenvalue weighted by atomic mass is 10.1. The van der Waals surface area contributed by atoms with E-state index in [4.69, 9.17) is 4.74 Å². The molecule has 5 nitrogen and oxygen atoms in total. The van der Waals surface area contributed by atoms with Crippen LogP contribution >= 0.6 is 35.3 Å². The Balaban J connectivity index is 0.00000364. The molecule has 7 heteroatoms. The third kappa shape index (κ3) is 8.47. The summed E-state index contributed by atoms with van der Waals surface area (Å²) >= 11 is 1.72. The van der Waals surface area contributed by atoms with Crippen LogP contribution < -0.4 is 15.4 Å². The van der Waals surface area contributed by atoms with E-state index in [1.54, 1.807) is 11.3 Å². The smallest absolute Gasteiger partial charge is 0.191 e. The molecule has 150 valence electrons. The van der Waals surface area contributed by atoms with Crippen LogP contribution in [-0.4, -0.2) is 30.6 Å². The number of halogens is 1. The van der Waals surface area contributed by atoms with E-state index in [-0.39, 0.29) is 24.0 Å². The van der Waals surface area contributed by atoms with Crippen LogP contribution in [0.1, 0.15) is 41.4 Å². The van der Waals surface area contributed by atoms with Gasteiger partial charge in [0.15, 0.2) is 5.96 Å². The molecule has 0 spiro atoms. The number of ether oxygens (including phenoxy) is 1. The van der Waals surface area contributed by atoms with Gasteiger partial charge < -0.3 is 15.4 Å². The van der Waals surface area contributed by atoms with Crippen LogP contribution in [0.2, 0.25) is 0 Å². The molecule has 0 saturated heterocycles. The van der Waals surface area contributed by atoms with E-state index in [0.29, 0.717) is 6.54 Å². The SMILES string of the molecule is CCCOc1cccc(CCNC(=NCc2nc(C)c(C)s2)NCC)c1.I.